The van der Waals surface area contributed by atoms with Crippen molar-refractivity contribution in [2.24, 2.45) is 0 Å². The van der Waals surface area contributed by atoms with Crippen molar-refractivity contribution in [1.82, 2.24) is 20.1 Å². The molecule has 112 valence electrons. The van der Waals surface area contributed by atoms with E-state index in [2.05, 4.69) is 39.1 Å². The van der Waals surface area contributed by atoms with Gasteiger partial charge < -0.3 is 10.1 Å². The number of fused-ring (bicyclic) bond motifs is 1. The number of methoxy groups -OCH3 is 1. The van der Waals surface area contributed by atoms with Gasteiger partial charge in [0.05, 0.1) is 19.2 Å². The second-order valence-electron chi connectivity index (χ2n) is 5.52. The molecule has 1 aromatic heterocycles. The highest BCUT2D eigenvalue weighted by molar-refractivity contribution is 5.42. The maximum absolute atomic E-state index is 5.37. The van der Waals surface area contributed by atoms with E-state index >= 15 is 0 Å². The summed E-state index contributed by atoms with van der Waals surface area (Å²) in [6.07, 6.45) is 0.973. The van der Waals surface area contributed by atoms with Crippen LogP contribution in [-0.4, -0.2) is 28.4 Å². The molecule has 2 atom stereocenters. The zero-order valence-electron chi connectivity index (χ0n) is 13.1. The molecule has 21 heavy (non-hydrogen) atoms. The van der Waals surface area contributed by atoms with Crippen LogP contribution in [0.25, 0.3) is 0 Å². The summed E-state index contributed by atoms with van der Waals surface area (Å²) in [4.78, 5) is 4.45. The molecule has 5 heteroatoms. The van der Waals surface area contributed by atoms with Gasteiger partial charge in [0.15, 0.2) is 0 Å². The van der Waals surface area contributed by atoms with Crippen molar-refractivity contribution >= 4 is 0 Å². The average Bonchev–Trinajstić information content (AvgIpc) is 2.99. The van der Waals surface area contributed by atoms with E-state index in [-0.39, 0.29) is 12.1 Å². The van der Waals surface area contributed by atoms with Crippen LogP contribution in [0.2, 0.25) is 0 Å². The van der Waals surface area contributed by atoms with Crippen molar-refractivity contribution in [3.05, 3.63) is 41.0 Å². The third kappa shape index (κ3) is 2.42. The molecule has 1 aromatic carbocycles. The molecule has 5 nitrogen and oxygen atoms in total. The number of aromatic nitrogens is 3. The molecule has 2 aromatic rings. The molecule has 1 N–H and O–H groups in total. The highest BCUT2D eigenvalue weighted by atomic mass is 16.5. The highest BCUT2D eigenvalue weighted by Crippen LogP contribution is 2.40. The first-order valence-corrected chi connectivity index (χ1v) is 7.44. The molecule has 1 heterocycles. The predicted octanol–water partition coefficient (Wildman–Crippen LogP) is 2.35. The van der Waals surface area contributed by atoms with Crippen LogP contribution in [0.5, 0.6) is 5.75 Å². The molecule has 0 saturated carbocycles. The van der Waals surface area contributed by atoms with E-state index in [4.69, 9.17) is 4.74 Å². The normalized spacial score (nSPS) is 20.6. The molecule has 0 amide bonds. The fourth-order valence-electron chi connectivity index (χ4n) is 3.27. The molecule has 0 radical (unpaired) electrons. The van der Waals surface area contributed by atoms with E-state index in [1.807, 2.05) is 19.9 Å². The van der Waals surface area contributed by atoms with E-state index in [0.29, 0.717) is 0 Å². The van der Waals surface area contributed by atoms with Gasteiger partial charge in [0, 0.05) is 0 Å². The molecule has 1 aliphatic rings. The van der Waals surface area contributed by atoms with Crippen molar-refractivity contribution in [3.8, 4) is 5.75 Å². The largest absolute Gasteiger partial charge is 0.497 e. The molecular weight excluding hydrogens is 264 g/mol. The van der Waals surface area contributed by atoms with E-state index < -0.39 is 0 Å². The summed E-state index contributed by atoms with van der Waals surface area (Å²) in [7, 11) is 1.71. The topological polar surface area (TPSA) is 52.0 Å². The Morgan fingerprint density at radius 3 is 2.81 bits per heavy atom. The molecule has 3 rings (SSSR count). The first-order chi connectivity index (χ1) is 10.1. The van der Waals surface area contributed by atoms with Crippen molar-refractivity contribution in [2.75, 3.05) is 13.7 Å². The van der Waals surface area contributed by atoms with Crippen molar-refractivity contribution in [3.63, 3.8) is 0 Å². The minimum absolute atomic E-state index is 0.250. The maximum Gasteiger partial charge on any atom is 0.147 e. The van der Waals surface area contributed by atoms with Crippen LogP contribution in [0, 0.1) is 13.8 Å². The molecule has 0 saturated heterocycles. The summed E-state index contributed by atoms with van der Waals surface area (Å²) in [6.45, 7) is 7.02. The van der Waals surface area contributed by atoms with Crippen molar-refractivity contribution < 1.29 is 4.74 Å². The Morgan fingerprint density at radius 2 is 2.19 bits per heavy atom. The van der Waals surface area contributed by atoms with Gasteiger partial charge in [0.25, 0.3) is 0 Å². The summed E-state index contributed by atoms with van der Waals surface area (Å²) in [5.74, 6) is 2.71. The lowest BCUT2D eigenvalue weighted by molar-refractivity contribution is 0.351. The van der Waals surface area contributed by atoms with Crippen LogP contribution >= 0.6 is 0 Å². The predicted molar refractivity (Wildman–Crippen MR) is 81.6 cm³/mol. The minimum atomic E-state index is 0.250. The Hall–Kier alpha value is -1.88. The Bertz CT molecular complexity index is 650. The standard InChI is InChI=1S/C16H22N4O/c1-5-17-16-14-9-13(21-4)7-6-12(14)8-15(16)20-11(3)18-10(2)19-20/h6-7,9,15-17H,5,8H2,1-4H3. The van der Waals surface area contributed by atoms with Crippen LogP contribution < -0.4 is 10.1 Å². The number of hydrogen-bond acceptors (Lipinski definition) is 4. The molecule has 0 fully saturated rings. The summed E-state index contributed by atoms with van der Waals surface area (Å²) in [5, 5.41) is 8.18. The number of rotatable bonds is 4. The molecule has 0 bridgehead atoms. The summed E-state index contributed by atoms with van der Waals surface area (Å²) >= 11 is 0. The molecule has 0 aliphatic heterocycles. The number of aryl methyl sites for hydroxylation is 2. The van der Waals surface area contributed by atoms with Crippen molar-refractivity contribution in [2.45, 2.75) is 39.3 Å². The van der Waals surface area contributed by atoms with Crippen LogP contribution in [-0.2, 0) is 6.42 Å². The Morgan fingerprint density at radius 1 is 1.38 bits per heavy atom. The summed E-state index contributed by atoms with van der Waals surface area (Å²) in [6, 6.07) is 6.86. The Kier molecular flexibility index (Phi) is 3.68. The number of likely N-dealkylation sites (N-methyl/N-ethyl adjacent to an activating group) is 1. The lowest BCUT2D eigenvalue weighted by Crippen LogP contribution is -2.28. The lowest BCUT2D eigenvalue weighted by Gasteiger charge is -2.22. The van der Waals surface area contributed by atoms with Gasteiger partial charge >= 0.3 is 0 Å². The summed E-state index contributed by atoms with van der Waals surface area (Å²) < 4.78 is 7.44. The van der Waals surface area contributed by atoms with E-state index in [9.17, 15) is 0 Å². The first-order valence-electron chi connectivity index (χ1n) is 7.44. The van der Waals surface area contributed by atoms with Crippen LogP contribution in [0.1, 0.15) is 41.8 Å². The smallest absolute Gasteiger partial charge is 0.147 e. The summed E-state index contributed by atoms with van der Waals surface area (Å²) in [5.41, 5.74) is 2.67. The number of hydrogen-bond donors (Lipinski definition) is 1. The van der Waals surface area contributed by atoms with Gasteiger partial charge in [-0.15, -0.1) is 0 Å². The molecule has 2 unspecified atom stereocenters. The lowest BCUT2D eigenvalue weighted by atomic mass is 10.1. The number of benzene rings is 1. The van der Waals surface area contributed by atoms with Gasteiger partial charge in [-0.2, -0.15) is 5.10 Å². The number of ether oxygens (including phenoxy) is 1. The zero-order chi connectivity index (χ0) is 15.0. The van der Waals surface area contributed by atoms with Crippen molar-refractivity contribution in [1.29, 1.82) is 0 Å². The monoisotopic (exact) mass is 286 g/mol. The van der Waals surface area contributed by atoms with Gasteiger partial charge in [-0.25, -0.2) is 9.67 Å². The fraction of sp³-hybridized carbons (Fsp3) is 0.500. The van der Waals surface area contributed by atoms with Gasteiger partial charge in [-0.05, 0) is 50.1 Å². The SMILES string of the molecule is CCNC1c2cc(OC)ccc2CC1n1nc(C)nc1C. The van der Waals surface area contributed by atoms with Crippen LogP contribution in [0.15, 0.2) is 18.2 Å². The Balaban J connectivity index is 2.02. The minimum Gasteiger partial charge on any atom is -0.497 e. The average molecular weight is 286 g/mol. The molecular formula is C16H22N4O. The highest BCUT2D eigenvalue weighted by Gasteiger charge is 2.35. The first kappa shape index (κ1) is 14.1. The number of nitrogens with one attached hydrogen (secondary N) is 1. The quantitative estimate of drug-likeness (QED) is 0.937. The van der Waals surface area contributed by atoms with E-state index in [1.54, 1.807) is 7.11 Å². The molecule has 1 aliphatic carbocycles. The molecule has 0 spiro atoms. The second kappa shape index (κ2) is 5.48. The Labute approximate surface area is 125 Å². The maximum atomic E-state index is 5.37. The van der Waals surface area contributed by atoms with Gasteiger partial charge in [-0.1, -0.05) is 13.0 Å². The van der Waals surface area contributed by atoms with Gasteiger partial charge in [0.2, 0.25) is 0 Å². The van der Waals surface area contributed by atoms with E-state index in [1.165, 1.54) is 11.1 Å². The third-order valence-electron chi connectivity index (χ3n) is 4.15. The number of nitrogens with zero attached hydrogens (tertiary/aromatic N) is 3. The van der Waals surface area contributed by atoms with Crippen LogP contribution in [0.3, 0.4) is 0 Å². The van der Waals surface area contributed by atoms with Gasteiger partial charge in [0.1, 0.15) is 17.4 Å². The van der Waals surface area contributed by atoms with Gasteiger partial charge in [-0.3, -0.25) is 0 Å². The second-order valence-corrected chi connectivity index (χ2v) is 5.52. The third-order valence-corrected chi connectivity index (χ3v) is 4.15. The fourth-order valence-corrected chi connectivity index (χ4v) is 3.27. The zero-order valence-corrected chi connectivity index (χ0v) is 13.1. The van der Waals surface area contributed by atoms with Crippen LogP contribution in [0.4, 0.5) is 0 Å². The van der Waals surface area contributed by atoms with E-state index in [0.717, 1.165) is 30.4 Å².